The Bertz CT molecular complexity index is 1550. The Kier molecular flexibility index (Phi) is 5.52. The van der Waals surface area contributed by atoms with E-state index in [0.29, 0.717) is 33.5 Å². The standard InChI is InChI=1S/C26H28FN9/c1-15(2)30-17-12-16(13-28-14-17)18-4-5-19-21(22(18)27)24(34-33-19)25-31-20-6-7-29-26(23(20)32-25)36-10-8-35(3)9-11-36/h4-7,12-15,30H,8-11H2,1-3H3,(H,31,32)(H,33,34). The lowest BCUT2D eigenvalue weighted by Gasteiger charge is -2.33. The van der Waals surface area contributed by atoms with Gasteiger partial charge < -0.3 is 20.1 Å². The molecule has 1 aliphatic rings. The summed E-state index contributed by atoms with van der Waals surface area (Å²) in [4.78, 5) is 21.7. The lowest BCUT2D eigenvalue weighted by Crippen LogP contribution is -2.44. The summed E-state index contributed by atoms with van der Waals surface area (Å²) in [6, 6.07) is 7.64. The number of rotatable bonds is 5. The first-order valence-corrected chi connectivity index (χ1v) is 12.1. The average molecular weight is 486 g/mol. The second-order valence-corrected chi connectivity index (χ2v) is 9.59. The molecule has 0 bridgehead atoms. The first-order chi connectivity index (χ1) is 17.5. The molecule has 0 aliphatic carbocycles. The van der Waals surface area contributed by atoms with Gasteiger partial charge in [0.15, 0.2) is 11.6 Å². The first-order valence-electron chi connectivity index (χ1n) is 12.1. The number of hydrogen-bond acceptors (Lipinski definition) is 7. The van der Waals surface area contributed by atoms with Crippen LogP contribution in [-0.2, 0) is 0 Å². The third-order valence-electron chi connectivity index (χ3n) is 6.58. The smallest absolute Gasteiger partial charge is 0.159 e. The largest absolute Gasteiger partial charge is 0.382 e. The summed E-state index contributed by atoms with van der Waals surface area (Å²) in [5.41, 5.74) is 4.65. The SMILES string of the molecule is CC(C)Nc1cncc(-c2ccc3[nH]nc(-c4nc5c(N6CCN(C)CC6)nccc5[nH]4)c3c2F)c1. The van der Waals surface area contributed by atoms with Crippen molar-refractivity contribution in [3.63, 3.8) is 0 Å². The summed E-state index contributed by atoms with van der Waals surface area (Å²) in [6.07, 6.45) is 5.19. The zero-order valence-corrected chi connectivity index (χ0v) is 20.5. The van der Waals surface area contributed by atoms with Crippen LogP contribution in [0, 0.1) is 5.82 Å². The molecule has 1 aromatic carbocycles. The third kappa shape index (κ3) is 3.93. The van der Waals surface area contributed by atoms with E-state index in [1.165, 1.54) is 0 Å². The normalized spacial score (nSPS) is 14.9. The maximum atomic E-state index is 16.0. The van der Waals surface area contributed by atoms with Crippen LogP contribution in [0.3, 0.4) is 0 Å². The van der Waals surface area contributed by atoms with Gasteiger partial charge in [-0.2, -0.15) is 5.10 Å². The van der Waals surface area contributed by atoms with Crippen LogP contribution in [0.4, 0.5) is 15.9 Å². The lowest BCUT2D eigenvalue weighted by atomic mass is 10.0. The number of halogens is 1. The Labute approximate surface area is 207 Å². The summed E-state index contributed by atoms with van der Waals surface area (Å²) in [7, 11) is 2.12. The molecule has 1 fully saturated rings. The zero-order valence-electron chi connectivity index (χ0n) is 20.5. The fourth-order valence-electron chi connectivity index (χ4n) is 4.75. The summed E-state index contributed by atoms with van der Waals surface area (Å²) in [5, 5.41) is 11.1. The molecule has 5 aromatic rings. The van der Waals surface area contributed by atoms with Gasteiger partial charge in [0.2, 0.25) is 0 Å². The van der Waals surface area contributed by atoms with Crippen LogP contribution < -0.4 is 10.2 Å². The zero-order chi connectivity index (χ0) is 24.8. The molecule has 0 spiro atoms. The minimum absolute atomic E-state index is 0.244. The minimum Gasteiger partial charge on any atom is -0.382 e. The Balaban J connectivity index is 1.43. The number of anilines is 2. The lowest BCUT2D eigenvalue weighted by molar-refractivity contribution is 0.312. The van der Waals surface area contributed by atoms with Crippen LogP contribution in [0.2, 0.25) is 0 Å². The molecule has 0 unspecified atom stereocenters. The maximum absolute atomic E-state index is 16.0. The Hall–Kier alpha value is -4.05. The van der Waals surface area contributed by atoms with Crippen molar-refractivity contribution < 1.29 is 4.39 Å². The van der Waals surface area contributed by atoms with Crippen LogP contribution in [0.1, 0.15) is 13.8 Å². The second kappa shape index (κ2) is 8.87. The molecular formula is C26H28FN9. The van der Waals surface area contributed by atoms with Crippen molar-refractivity contribution in [3.05, 3.63) is 48.7 Å². The highest BCUT2D eigenvalue weighted by molar-refractivity contribution is 5.97. The Morgan fingerprint density at radius 1 is 1.06 bits per heavy atom. The van der Waals surface area contributed by atoms with E-state index in [2.05, 4.69) is 61.2 Å². The number of pyridine rings is 2. The van der Waals surface area contributed by atoms with Gasteiger partial charge in [-0.15, -0.1) is 0 Å². The quantitative estimate of drug-likeness (QED) is 0.342. The molecule has 6 rings (SSSR count). The van der Waals surface area contributed by atoms with Gasteiger partial charge in [-0.3, -0.25) is 10.1 Å². The van der Waals surface area contributed by atoms with Crippen LogP contribution in [0.15, 0.2) is 42.9 Å². The van der Waals surface area contributed by atoms with Crippen molar-refractivity contribution in [1.29, 1.82) is 0 Å². The third-order valence-corrected chi connectivity index (χ3v) is 6.58. The number of aromatic nitrogens is 6. The molecule has 0 saturated carbocycles. The van der Waals surface area contributed by atoms with Gasteiger partial charge in [-0.05, 0) is 45.2 Å². The summed E-state index contributed by atoms with van der Waals surface area (Å²) in [6.45, 7) is 7.80. The first kappa shape index (κ1) is 22.4. The second-order valence-electron chi connectivity index (χ2n) is 9.59. The van der Waals surface area contributed by atoms with Crippen LogP contribution in [-0.4, -0.2) is 74.3 Å². The van der Waals surface area contributed by atoms with Crippen molar-refractivity contribution in [2.75, 3.05) is 43.4 Å². The number of fused-ring (bicyclic) bond motifs is 2. The van der Waals surface area contributed by atoms with Gasteiger partial charge >= 0.3 is 0 Å². The molecule has 9 nitrogen and oxygen atoms in total. The van der Waals surface area contributed by atoms with E-state index in [1.54, 1.807) is 24.7 Å². The van der Waals surface area contributed by atoms with E-state index in [4.69, 9.17) is 4.98 Å². The van der Waals surface area contributed by atoms with Gasteiger partial charge in [-0.1, -0.05) is 0 Å². The van der Waals surface area contributed by atoms with Gasteiger partial charge in [-0.25, -0.2) is 14.4 Å². The van der Waals surface area contributed by atoms with E-state index in [9.17, 15) is 0 Å². The Morgan fingerprint density at radius 2 is 1.89 bits per heavy atom. The molecule has 184 valence electrons. The van der Waals surface area contributed by atoms with E-state index in [1.807, 2.05) is 18.2 Å². The van der Waals surface area contributed by atoms with E-state index in [-0.39, 0.29) is 11.9 Å². The molecule has 0 amide bonds. The summed E-state index contributed by atoms with van der Waals surface area (Å²) in [5.74, 6) is 0.978. The highest BCUT2D eigenvalue weighted by Crippen LogP contribution is 2.35. The van der Waals surface area contributed by atoms with Crippen molar-refractivity contribution in [3.8, 4) is 22.6 Å². The number of nitrogens with one attached hydrogen (secondary N) is 3. The van der Waals surface area contributed by atoms with Crippen molar-refractivity contribution in [2.24, 2.45) is 0 Å². The van der Waals surface area contributed by atoms with Gasteiger partial charge in [0.25, 0.3) is 0 Å². The van der Waals surface area contributed by atoms with Crippen LogP contribution in [0.25, 0.3) is 44.6 Å². The van der Waals surface area contributed by atoms with Crippen LogP contribution in [0.5, 0.6) is 0 Å². The molecule has 36 heavy (non-hydrogen) atoms. The average Bonchev–Trinajstić information content (AvgIpc) is 3.49. The van der Waals surface area contributed by atoms with E-state index < -0.39 is 0 Å². The molecule has 1 aliphatic heterocycles. The monoisotopic (exact) mass is 485 g/mol. The predicted octanol–water partition coefficient (Wildman–Crippen LogP) is 4.27. The van der Waals surface area contributed by atoms with Crippen molar-refractivity contribution >= 4 is 33.4 Å². The molecule has 3 N–H and O–H groups in total. The Morgan fingerprint density at radius 3 is 2.69 bits per heavy atom. The number of imidazole rings is 1. The van der Waals surface area contributed by atoms with Gasteiger partial charge in [0.1, 0.15) is 17.0 Å². The number of H-pyrrole nitrogens is 2. The highest BCUT2D eigenvalue weighted by Gasteiger charge is 2.23. The predicted molar refractivity (Wildman–Crippen MR) is 141 cm³/mol. The number of nitrogens with zero attached hydrogens (tertiary/aromatic N) is 6. The van der Waals surface area contributed by atoms with Crippen LogP contribution >= 0.6 is 0 Å². The number of aromatic amines is 2. The topological polar surface area (TPSA) is 102 Å². The minimum atomic E-state index is -0.363. The fraction of sp³-hybridized carbons (Fsp3) is 0.308. The molecule has 5 heterocycles. The van der Waals surface area contributed by atoms with Gasteiger partial charge in [0.05, 0.1) is 22.1 Å². The summed E-state index contributed by atoms with van der Waals surface area (Å²) < 4.78 is 16.0. The van der Waals surface area contributed by atoms with Gasteiger partial charge in [0, 0.05) is 61.9 Å². The number of likely N-dealkylation sites (N-methyl/N-ethyl adjacent to an activating group) is 1. The van der Waals surface area contributed by atoms with Crippen molar-refractivity contribution in [1.82, 2.24) is 35.0 Å². The van der Waals surface area contributed by atoms with E-state index in [0.717, 1.165) is 48.7 Å². The molecule has 1 saturated heterocycles. The number of hydrogen-bond donors (Lipinski definition) is 3. The molecular weight excluding hydrogens is 457 g/mol. The highest BCUT2D eigenvalue weighted by atomic mass is 19.1. The molecule has 0 atom stereocenters. The summed E-state index contributed by atoms with van der Waals surface area (Å²) >= 11 is 0. The fourth-order valence-corrected chi connectivity index (χ4v) is 4.75. The molecule has 0 radical (unpaired) electrons. The molecule has 4 aromatic heterocycles. The molecule has 10 heteroatoms. The number of piperazine rings is 1. The van der Waals surface area contributed by atoms with Crippen molar-refractivity contribution in [2.45, 2.75) is 19.9 Å². The van der Waals surface area contributed by atoms with E-state index >= 15 is 4.39 Å². The maximum Gasteiger partial charge on any atom is 0.159 e. The number of benzene rings is 1.